The van der Waals surface area contributed by atoms with E-state index in [1.165, 1.54) is 62.9 Å². The molecule has 0 amide bonds. The number of aryl methyl sites for hydroxylation is 2. The Kier molecular flexibility index (Phi) is 7.14. The molecule has 1 saturated heterocycles. The Labute approximate surface area is 156 Å². The van der Waals surface area contributed by atoms with E-state index in [1.54, 1.807) is 0 Å². The quantitative estimate of drug-likeness (QED) is 0.430. The van der Waals surface area contributed by atoms with Crippen LogP contribution in [0.3, 0.4) is 0 Å². The first-order valence-electron chi connectivity index (χ1n) is 8.65. The maximum atomic E-state index is 6.05. The van der Waals surface area contributed by atoms with Crippen molar-refractivity contribution in [2.45, 2.75) is 39.0 Å². The number of nitrogens with two attached hydrogens (primary N) is 1. The van der Waals surface area contributed by atoms with Crippen LogP contribution in [0.4, 0.5) is 5.69 Å². The maximum absolute atomic E-state index is 6.05. The molecule has 1 aromatic rings. The summed E-state index contributed by atoms with van der Waals surface area (Å²) in [5.74, 6) is 1.21. The molecule has 1 aromatic carbocycles. The Balaban J connectivity index is 0.00000192. The second kappa shape index (κ2) is 8.87. The molecular weight excluding hydrogens is 399 g/mol. The van der Waals surface area contributed by atoms with Crippen LogP contribution in [0, 0.1) is 5.92 Å². The highest BCUT2D eigenvalue weighted by Crippen LogP contribution is 2.24. The molecule has 0 saturated carbocycles. The SMILES string of the molecule is CCCN1CCC(CN=C(N)Nc2ccc3c(c2)CCC3)C1.I. The van der Waals surface area contributed by atoms with Gasteiger partial charge in [-0.25, -0.2) is 0 Å². The van der Waals surface area contributed by atoms with Crippen molar-refractivity contribution < 1.29 is 0 Å². The van der Waals surface area contributed by atoms with Gasteiger partial charge in [-0.05, 0) is 74.4 Å². The average molecular weight is 428 g/mol. The minimum absolute atomic E-state index is 0. The molecule has 0 aromatic heterocycles. The molecule has 1 aliphatic heterocycles. The topological polar surface area (TPSA) is 53.6 Å². The predicted octanol–water partition coefficient (Wildman–Crippen LogP) is 3.25. The van der Waals surface area contributed by atoms with E-state index in [0.717, 1.165) is 12.2 Å². The first-order valence-corrected chi connectivity index (χ1v) is 8.65. The molecule has 3 N–H and O–H groups in total. The molecule has 0 radical (unpaired) electrons. The number of benzene rings is 1. The number of aliphatic imine (C=N–C) groups is 1. The van der Waals surface area contributed by atoms with Crippen LogP contribution in [0.2, 0.25) is 0 Å². The molecule has 0 bridgehead atoms. The third-order valence-electron chi connectivity index (χ3n) is 4.80. The summed E-state index contributed by atoms with van der Waals surface area (Å²) < 4.78 is 0. The summed E-state index contributed by atoms with van der Waals surface area (Å²) in [6.45, 7) is 6.67. The van der Waals surface area contributed by atoms with E-state index in [9.17, 15) is 0 Å². The fraction of sp³-hybridized carbons (Fsp3) is 0.611. The summed E-state index contributed by atoms with van der Waals surface area (Å²) in [5.41, 5.74) is 10.1. The fourth-order valence-electron chi connectivity index (χ4n) is 3.65. The zero-order chi connectivity index (χ0) is 15.4. The van der Waals surface area contributed by atoms with Crippen LogP contribution in [0.1, 0.15) is 37.3 Å². The van der Waals surface area contributed by atoms with Crippen molar-refractivity contribution in [2.24, 2.45) is 16.6 Å². The monoisotopic (exact) mass is 428 g/mol. The van der Waals surface area contributed by atoms with Crippen molar-refractivity contribution in [3.8, 4) is 0 Å². The second-order valence-corrected chi connectivity index (χ2v) is 6.64. The Morgan fingerprint density at radius 2 is 2.17 bits per heavy atom. The van der Waals surface area contributed by atoms with E-state index >= 15 is 0 Å². The third kappa shape index (κ3) is 5.08. The van der Waals surface area contributed by atoms with Crippen molar-refractivity contribution in [1.29, 1.82) is 0 Å². The van der Waals surface area contributed by atoms with Gasteiger partial charge in [0.2, 0.25) is 0 Å². The van der Waals surface area contributed by atoms with Crippen molar-refractivity contribution in [2.75, 3.05) is 31.5 Å². The molecule has 5 heteroatoms. The van der Waals surface area contributed by atoms with Gasteiger partial charge in [-0.2, -0.15) is 0 Å². The van der Waals surface area contributed by atoms with Gasteiger partial charge in [0.1, 0.15) is 0 Å². The van der Waals surface area contributed by atoms with Gasteiger partial charge < -0.3 is 16.0 Å². The average Bonchev–Trinajstić information content (AvgIpc) is 3.14. The number of nitrogens with one attached hydrogen (secondary N) is 1. The summed E-state index contributed by atoms with van der Waals surface area (Å²) in [6.07, 6.45) is 6.16. The van der Waals surface area contributed by atoms with Crippen LogP contribution in [0.5, 0.6) is 0 Å². The van der Waals surface area contributed by atoms with Gasteiger partial charge in [0.05, 0.1) is 0 Å². The van der Waals surface area contributed by atoms with Crippen molar-refractivity contribution in [3.05, 3.63) is 29.3 Å². The zero-order valence-electron chi connectivity index (χ0n) is 14.1. The van der Waals surface area contributed by atoms with Crippen LogP contribution in [-0.4, -0.2) is 37.0 Å². The molecule has 3 rings (SSSR count). The smallest absolute Gasteiger partial charge is 0.193 e. The lowest BCUT2D eigenvalue weighted by molar-refractivity contribution is 0.326. The Bertz CT molecular complexity index is 544. The van der Waals surface area contributed by atoms with Crippen LogP contribution >= 0.6 is 24.0 Å². The van der Waals surface area contributed by atoms with Gasteiger partial charge in [0.15, 0.2) is 5.96 Å². The molecule has 2 aliphatic rings. The predicted molar refractivity (Wildman–Crippen MR) is 109 cm³/mol. The molecule has 0 spiro atoms. The van der Waals surface area contributed by atoms with E-state index in [4.69, 9.17) is 5.73 Å². The number of anilines is 1. The van der Waals surface area contributed by atoms with Gasteiger partial charge in [-0.1, -0.05) is 13.0 Å². The van der Waals surface area contributed by atoms with E-state index in [0.29, 0.717) is 11.9 Å². The van der Waals surface area contributed by atoms with Crippen molar-refractivity contribution in [1.82, 2.24) is 4.90 Å². The Morgan fingerprint density at radius 1 is 1.35 bits per heavy atom. The summed E-state index contributed by atoms with van der Waals surface area (Å²) in [7, 11) is 0. The summed E-state index contributed by atoms with van der Waals surface area (Å²) in [4.78, 5) is 7.08. The lowest BCUT2D eigenvalue weighted by Gasteiger charge is -2.14. The number of hydrogen-bond donors (Lipinski definition) is 2. The molecule has 1 heterocycles. The Morgan fingerprint density at radius 3 is 3.00 bits per heavy atom. The molecule has 1 fully saturated rings. The molecule has 1 unspecified atom stereocenters. The largest absolute Gasteiger partial charge is 0.370 e. The van der Waals surface area contributed by atoms with Crippen molar-refractivity contribution >= 4 is 35.6 Å². The number of rotatable bonds is 5. The van der Waals surface area contributed by atoms with Crippen LogP contribution in [-0.2, 0) is 12.8 Å². The maximum Gasteiger partial charge on any atom is 0.193 e. The number of hydrogen-bond acceptors (Lipinski definition) is 2. The van der Waals surface area contributed by atoms with Crippen LogP contribution in [0.15, 0.2) is 23.2 Å². The number of fused-ring (bicyclic) bond motifs is 1. The van der Waals surface area contributed by atoms with Gasteiger partial charge in [0, 0.05) is 18.8 Å². The first-order chi connectivity index (χ1) is 10.7. The lowest BCUT2D eigenvalue weighted by Crippen LogP contribution is -2.25. The van der Waals surface area contributed by atoms with E-state index in [1.807, 2.05) is 0 Å². The molecule has 4 nitrogen and oxygen atoms in total. The standard InChI is InChI=1S/C18H28N4.HI/c1-2-9-22-10-8-14(13-22)12-20-18(19)21-17-7-6-15-4-3-5-16(15)11-17;/h6-7,11,14H,2-5,8-10,12-13H2,1H3,(H3,19,20,21);1H. The highest BCUT2D eigenvalue weighted by atomic mass is 127. The molecular formula is C18H29IN4. The first kappa shape index (κ1) is 18.5. The molecule has 23 heavy (non-hydrogen) atoms. The zero-order valence-corrected chi connectivity index (χ0v) is 16.4. The molecule has 1 atom stereocenters. The third-order valence-corrected chi connectivity index (χ3v) is 4.80. The fourth-order valence-corrected chi connectivity index (χ4v) is 3.65. The number of guanidine groups is 1. The van der Waals surface area contributed by atoms with E-state index in [-0.39, 0.29) is 24.0 Å². The molecule has 128 valence electrons. The van der Waals surface area contributed by atoms with E-state index < -0.39 is 0 Å². The van der Waals surface area contributed by atoms with Gasteiger partial charge in [-0.3, -0.25) is 4.99 Å². The minimum Gasteiger partial charge on any atom is -0.370 e. The van der Waals surface area contributed by atoms with Gasteiger partial charge >= 0.3 is 0 Å². The minimum atomic E-state index is 0. The normalized spacial score (nSPS) is 21.1. The lowest BCUT2D eigenvalue weighted by atomic mass is 10.1. The second-order valence-electron chi connectivity index (χ2n) is 6.64. The van der Waals surface area contributed by atoms with Crippen LogP contribution in [0.25, 0.3) is 0 Å². The number of halogens is 1. The number of nitrogens with zero attached hydrogens (tertiary/aromatic N) is 2. The number of likely N-dealkylation sites (tertiary alicyclic amines) is 1. The Hall–Kier alpha value is -0.820. The summed E-state index contributed by atoms with van der Waals surface area (Å²) >= 11 is 0. The van der Waals surface area contributed by atoms with Gasteiger partial charge in [0.25, 0.3) is 0 Å². The molecule has 1 aliphatic carbocycles. The highest BCUT2D eigenvalue weighted by molar-refractivity contribution is 14.0. The summed E-state index contributed by atoms with van der Waals surface area (Å²) in [5, 5.41) is 3.25. The highest BCUT2D eigenvalue weighted by Gasteiger charge is 2.21. The summed E-state index contributed by atoms with van der Waals surface area (Å²) in [6, 6.07) is 6.56. The van der Waals surface area contributed by atoms with E-state index in [2.05, 4.69) is 40.3 Å². The van der Waals surface area contributed by atoms with Crippen molar-refractivity contribution in [3.63, 3.8) is 0 Å². The van der Waals surface area contributed by atoms with Gasteiger partial charge in [-0.15, -0.1) is 24.0 Å². The van der Waals surface area contributed by atoms with Crippen LogP contribution < -0.4 is 11.1 Å².